The zero-order chi connectivity index (χ0) is 21.8. The third-order valence-electron chi connectivity index (χ3n) is 4.48. The molecule has 0 spiro atoms. The Kier molecular flexibility index (Phi) is 7.02. The van der Waals surface area contributed by atoms with E-state index in [4.69, 9.17) is 4.74 Å². The summed E-state index contributed by atoms with van der Waals surface area (Å²) in [5.74, 6) is -0.989. The molecule has 2 aromatic carbocycles. The molecule has 0 bridgehead atoms. The lowest BCUT2D eigenvalue weighted by molar-refractivity contribution is -0.114. The van der Waals surface area contributed by atoms with Gasteiger partial charge in [0.05, 0.1) is 24.1 Å². The molecule has 29 heavy (non-hydrogen) atoms. The first kappa shape index (κ1) is 22.4. The monoisotopic (exact) mass is 418 g/mol. The SMILES string of the molecule is CCOC(=O)c1cccc(NC(=O)CN(c2c(C)cccc2C)S(C)(=O)=O)c1C. The van der Waals surface area contributed by atoms with Gasteiger partial charge in [-0.2, -0.15) is 0 Å². The normalized spacial score (nSPS) is 11.1. The smallest absolute Gasteiger partial charge is 0.338 e. The maximum absolute atomic E-state index is 12.7. The van der Waals surface area contributed by atoms with E-state index in [1.807, 2.05) is 6.07 Å². The summed E-state index contributed by atoms with van der Waals surface area (Å²) in [6.07, 6.45) is 1.07. The van der Waals surface area contributed by atoms with Crippen LogP contribution in [0.25, 0.3) is 0 Å². The van der Waals surface area contributed by atoms with Gasteiger partial charge < -0.3 is 10.1 Å². The second-order valence-corrected chi connectivity index (χ2v) is 8.66. The highest BCUT2D eigenvalue weighted by Gasteiger charge is 2.24. The molecule has 0 saturated carbocycles. The lowest BCUT2D eigenvalue weighted by Crippen LogP contribution is -2.38. The molecule has 0 radical (unpaired) electrons. The van der Waals surface area contributed by atoms with Gasteiger partial charge in [0.1, 0.15) is 6.54 Å². The fourth-order valence-corrected chi connectivity index (χ4v) is 4.05. The van der Waals surface area contributed by atoms with Crippen molar-refractivity contribution in [2.75, 3.05) is 29.0 Å². The second kappa shape index (κ2) is 9.09. The third-order valence-corrected chi connectivity index (χ3v) is 5.59. The van der Waals surface area contributed by atoms with Crippen LogP contribution < -0.4 is 9.62 Å². The van der Waals surface area contributed by atoms with E-state index in [1.165, 1.54) is 0 Å². The van der Waals surface area contributed by atoms with Crippen LogP contribution in [0.5, 0.6) is 0 Å². The quantitative estimate of drug-likeness (QED) is 0.697. The van der Waals surface area contributed by atoms with Crippen molar-refractivity contribution in [2.24, 2.45) is 0 Å². The molecule has 156 valence electrons. The molecule has 7 nitrogen and oxygen atoms in total. The minimum Gasteiger partial charge on any atom is -0.462 e. The highest BCUT2D eigenvalue weighted by atomic mass is 32.2. The number of hydrogen-bond donors (Lipinski definition) is 1. The zero-order valence-corrected chi connectivity index (χ0v) is 18.1. The molecule has 2 rings (SSSR count). The number of amides is 1. The Bertz CT molecular complexity index is 1010. The predicted molar refractivity (Wildman–Crippen MR) is 114 cm³/mol. The molecular weight excluding hydrogens is 392 g/mol. The molecular formula is C21H26N2O5S. The van der Waals surface area contributed by atoms with Crippen LogP contribution in [0.4, 0.5) is 11.4 Å². The number of sulfonamides is 1. The Balaban J connectivity index is 2.31. The number of aryl methyl sites for hydroxylation is 2. The van der Waals surface area contributed by atoms with Gasteiger partial charge >= 0.3 is 5.97 Å². The Labute approximate surface area is 171 Å². The van der Waals surface area contributed by atoms with Gasteiger partial charge in [-0.15, -0.1) is 0 Å². The topological polar surface area (TPSA) is 92.8 Å². The third kappa shape index (κ3) is 5.35. The molecule has 0 aromatic heterocycles. The first-order valence-electron chi connectivity index (χ1n) is 9.16. The van der Waals surface area contributed by atoms with Crippen LogP contribution in [0.1, 0.15) is 34.0 Å². The number of carbonyl (C=O) groups is 2. The summed E-state index contributed by atoms with van der Waals surface area (Å²) >= 11 is 0. The average Bonchev–Trinajstić information content (AvgIpc) is 2.61. The Morgan fingerprint density at radius 1 is 1.03 bits per heavy atom. The Morgan fingerprint density at radius 3 is 2.17 bits per heavy atom. The van der Waals surface area contributed by atoms with Crippen LogP contribution in [0, 0.1) is 20.8 Å². The number of nitrogens with zero attached hydrogens (tertiary/aromatic N) is 1. The van der Waals surface area contributed by atoms with Crippen molar-refractivity contribution in [3.05, 3.63) is 58.7 Å². The van der Waals surface area contributed by atoms with Gasteiger partial charge in [0.15, 0.2) is 0 Å². The molecule has 1 N–H and O–H groups in total. The fourth-order valence-electron chi connectivity index (χ4n) is 3.08. The molecule has 2 aromatic rings. The molecule has 0 atom stereocenters. The molecule has 0 heterocycles. The van der Waals surface area contributed by atoms with Crippen molar-refractivity contribution >= 4 is 33.3 Å². The van der Waals surface area contributed by atoms with Crippen molar-refractivity contribution in [2.45, 2.75) is 27.7 Å². The Morgan fingerprint density at radius 2 is 1.62 bits per heavy atom. The van der Waals surface area contributed by atoms with Gasteiger partial charge in [0.2, 0.25) is 15.9 Å². The van der Waals surface area contributed by atoms with Gasteiger partial charge in [-0.1, -0.05) is 24.3 Å². The van der Waals surface area contributed by atoms with Crippen LogP contribution in [-0.2, 0) is 19.6 Å². The number of benzene rings is 2. The number of esters is 1. The highest BCUT2D eigenvalue weighted by molar-refractivity contribution is 7.92. The summed E-state index contributed by atoms with van der Waals surface area (Å²) in [4.78, 5) is 24.7. The number of anilines is 2. The molecule has 0 fully saturated rings. The number of carbonyl (C=O) groups excluding carboxylic acids is 2. The molecule has 0 aliphatic carbocycles. The first-order chi connectivity index (χ1) is 13.6. The zero-order valence-electron chi connectivity index (χ0n) is 17.3. The number of nitrogens with one attached hydrogen (secondary N) is 1. The van der Waals surface area contributed by atoms with Crippen LogP contribution in [0.2, 0.25) is 0 Å². The van der Waals surface area contributed by atoms with Crippen LogP contribution >= 0.6 is 0 Å². The lowest BCUT2D eigenvalue weighted by Gasteiger charge is -2.25. The maximum atomic E-state index is 12.7. The van der Waals surface area contributed by atoms with Gasteiger partial charge in [0.25, 0.3) is 0 Å². The fraction of sp³-hybridized carbons (Fsp3) is 0.333. The number of hydrogen-bond acceptors (Lipinski definition) is 5. The van der Waals surface area contributed by atoms with Crippen molar-refractivity contribution in [1.29, 1.82) is 0 Å². The van der Waals surface area contributed by atoms with E-state index in [0.717, 1.165) is 21.7 Å². The molecule has 0 aliphatic rings. The van der Waals surface area contributed by atoms with Crippen LogP contribution in [-0.4, -0.2) is 39.7 Å². The summed E-state index contributed by atoms with van der Waals surface area (Å²) < 4.78 is 30.9. The molecule has 8 heteroatoms. The Hall–Kier alpha value is -2.87. The van der Waals surface area contributed by atoms with E-state index < -0.39 is 21.9 Å². The predicted octanol–water partition coefficient (Wildman–Crippen LogP) is 3.19. The van der Waals surface area contributed by atoms with Crippen molar-refractivity contribution in [3.63, 3.8) is 0 Å². The van der Waals surface area contributed by atoms with Crippen molar-refractivity contribution in [1.82, 2.24) is 0 Å². The average molecular weight is 419 g/mol. The van der Waals surface area contributed by atoms with Crippen LogP contribution in [0.15, 0.2) is 36.4 Å². The molecule has 0 saturated heterocycles. The van der Waals surface area contributed by atoms with Crippen LogP contribution in [0.3, 0.4) is 0 Å². The van der Waals surface area contributed by atoms with Gasteiger partial charge in [0, 0.05) is 5.69 Å². The molecule has 1 amide bonds. The molecule has 0 unspecified atom stereocenters. The van der Waals surface area contributed by atoms with E-state index >= 15 is 0 Å². The molecule has 0 aliphatic heterocycles. The largest absolute Gasteiger partial charge is 0.462 e. The second-order valence-electron chi connectivity index (χ2n) is 6.76. The first-order valence-corrected chi connectivity index (χ1v) is 11.0. The van der Waals surface area contributed by atoms with E-state index in [-0.39, 0.29) is 13.2 Å². The maximum Gasteiger partial charge on any atom is 0.338 e. The van der Waals surface area contributed by atoms with Gasteiger partial charge in [-0.05, 0) is 56.5 Å². The summed E-state index contributed by atoms with van der Waals surface area (Å²) in [5.41, 5.74) is 3.32. The summed E-state index contributed by atoms with van der Waals surface area (Å²) in [6.45, 7) is 6.87. The van der Waals surface area contributed by atoms with E-state index in [2.05, 4.69) is 5.32 Å². The highest BCUT2D eigenvalue weighted by Crippen LogP contribution is 2.27. The number of rotatable bonds is 7. The summed E-state index contributed by atoms with van der Waals surface area (Å²) in [7, 11) is -3.69. The van der Waals surface area contributed by atoms with E-state index in [1.54, 1.807) is 58.0 Å². The van der Waals surface area contributed by atoms with Crippen molar-refractivity contribution < 1.29 is 22.7 Å². The van der Waals surface area contributed by atoms with E-state index in [9.17, 15) is 18.0 Å². The number of para-hydroxylation sites is 1. The summed E-state index contributed by atoms with van der Waals surface area (Å²) in [5, 5.41) is 2.71. The van der Waals surface area contributed by atoms with Gasteiger partial charge in [-0.25, -0.2) is 13.2 Å². The lowest BCUT2D eigenvalue weighted by atomic mass is 10.1. The van der Waals surface area contributed by atoms with Crippen molar-refractivity contribution in [3.8, 4) is 0 Å². The summed E-state index contributed by atoms with van der Waals surface area (Å²) in [6, 6.07) is 10.3. The number of ether oxygens (including phenoxy) is 1. The minimum atomic E-state index is -3.69. The van der Waals surface area contributed by atoms with Gasteiger partial charge in [-0.3, -0.25) is 9.10 Å². The standard InChI is InChI=1S/C21H26N2O5S/c1-6-28-21(25)17-11-8-12-18(16(17)4)22-19(24)13-23(29(5,26)27)20-14(2)9-7-10-15(20)3/h7-12H,6,13H2,1-5H3,(H,22,24). The van der Waals surface area contributed by atoms with E-state index in [0.29, 0.717) is 22.5 Å². The minimum absolute atomic E-state index is 0.244.